The molecule has 1 amide bonds. The normalized spacial score (nSPS) is 11.2. The molecule has 130 valence electrons. The number of nitrogens with zero attached hydrogens (tertiary/aromatic N) is 1. The molecule has 26 heavy (non-hydrogen) atoms. The molecule has 0 radical (unpaired) electrons. The number of pyridine rings is 1. The minimum Gasteiger partial charge on any atom is -0.397 e. The summed E-state index contributed by atoms with van der Waals surface area (Å²) in [5.74, 6) is -0.680. The molecule has 0 aliphatic heterocycles. The van der Waals surface area contributed by atoms with Crippen molar-refractivity contribution in [1.82, 2.24) is 4.98 Å². The Morgan fingerprint density at radius 2 is 1.77 bits per heavy atom. The Hall–Kier alpha value is -2.99. The van der Waals surface area contributed by atoms with Crippen LogP contribution >= 0.6 is 11.3 Å². The third-order valence-corrected chi connectivity index (χ3v) is 5.53. The van der Waals surface area contributed by atoms with E-state index in [0.717, 1.165) is 32.2 Å². The van der Waals surface area contributed by atoms with Gasteiger partial charge in [0.2, 0.25) is 0 Å². The SMILES string of the molecule is Cc1ccc(C)c2nc3sc(C(=O)Nc4ccc(F)cc4)c(N)c3cc12. The van der Waals surface area contributed by atoms with E-state index in [0.29, 0.717) is 16.3 Å². The number of benzene rings is 2. The lowest BCUT2D eigenvalue weighted by atomic mass is 10.0. The predicted molar refractivity (Wildman–Crippen MR) is 105 cm³/mol. The Labute approximate surface area is 153 Å². The lowest BCUT2D eigenvalue weighted by Crippen LogP contribution is -2.11. The molecule has 0 spiro atoms. The minimum absolute atomic E-state index is 0.324. The van der Waals surface area contributed by atoms with Gasteiger partial charge in [-0.2, -0.15) is 0 Å². The van der Waals surface area contributed by atoms with Crippen LogP contribution in [0.2, 0.25) is 0 Å². The van der Waals surface area contributed by atoms with Crippen molar-refractivity contribution < 1.29 is 9.18 Å². The molecule has 0 saturated heterocycles. The molecule has 0 atom stereocenters. The lowest BCUT2D eigenvalue weighted by molar-refractivity contribution is 0.103. The smallest absolute Gasteiger partial charge is 0.267 e. The molecule has 4 nitrogen and oxygen atoms in total. The van der Waals surface area contributed by atoms with Gasteiger partial charge in [-0.1, -0.05) is 12.1 Å². The molecule has 0 aliphatic carbocycles. The van der Waals surface area contributed by atoms with Gasteiger partial charge < -0.3 is 11.1 Å². The Balaban J connectivity index is 1.80. The second kappa shape index (κ2) is 6.07. The molecular weight excluding hydrogens is 349 g/mol. The molecule has 6 heteroatoms. The summed E-state index contributed by atoms with van der Waals surface area (Å²) in [6, 6.07) is 11.7. The van der Waals surface area contributed by atoms with Crippen molar-refractivity contribution in [3.8, 4) is 0 Å². The molecule has 4 rings (SSSR count). The van der Waals surface area contributed by atoms with Crippen LogP contribution in [-0.4, -0.2) is 10.9 Å². The van der Waals surface area contributed by atoms with Crippen molar-refractivity contribution in [2.75, 3.05) is 11.1 Å². The quantitative estimate of drug-likeness (QED) is 0.523. The van der Waals surface area contributed by atoms with Crippen LogP contribution in [0, 0.1) is 19.7 Å². The number of thiophene rings is 1. The standard InChI is InChI=1S/C20H16FN3OS/c1-10-3-4-11(2)17-14(10)9-15-16(22)18(26-20(15)24-17)19(25)23-13-7-5-12(21)6-8-13/h3-9H,22H2,1-2H3,(H,23,25). The highest BCUT2D eigenvalue weighted by atomic mass is 32.1. The summed E-state index contributed by atoms with van der Waals surface area (Å²) in [4.78, 5) is 18.5. The van der Waals surface area contributed by atoms with E-state index in [9.17, 15) is 9.18 Å². The van der Waals surface area contributed by atoms with E-state index in [1.165, 1.54) is 35.6 Å². The van der Waals surface area contributed by atoms with Gasteiger partial charge in [-0.25, -0.2) is 9.37 Å². The summed E-state index contributed by atoms with van der Waals surface area (Å²) < 4.78 is 13.0. The summed E-state index contributed by atoms with van der Waals surface area (Å²) in [5, 5.41) is 4.56. The fraction of sp³-hybridized carbons (Fsp3) is 0.100. The maximum absolute atomic E-state index is 13.0. The number of fused-ring (bicyclic) bond motifs is 2. The number of nitrogens with two attached hydrogens (primary N) is 1. The number of carbonyl (C=O) groups is 1. The summed E-state index contributed by atoms with van der Waals surface area (Å²) in [6.45, 7) is 4.04. The average Bonchev–Trinajstić information content (AvgIpc) is 2.95. The van der Waals surface area contributed by atoms with E-state index < -0.39 is 0 Å². The van der Waals surface area contributed by atoms with Gasteiger partial charge >= 0.3 is 0 Å². The summed E-state index contributed by atoms with van der Waals surface area (Å²) in [5.41, 5.74) is 10.3. The highest BCUT2D eigenvalue weighted by Crippen LogP contribution is 2.36. The van der Waals surface area contributed by atoms with Crippen molar-refractivity contribution >= 4 is 49.7 Å². The molecule has 0 unspecified atom stereocenters. The number of nitrogens with one attached hydrogen (secondary N) is 1. The van der Waals surface area contributed by atoms with Gasteiger partial charge in [0, 0.05) is 16.5 Å². The van der Waals surface area contributed by atoms with Crippen LogP contribution in [-0.2, 0) is 0 Å². The van der Waals surface area contributed by atoms with Gasteiger partial charge in [0.15, 0.2) is 0 Å². The van der Waals surface area contributed by atoms with Crippen molar-refractivity contribution in [1.29, 1.82) is 0 Å². The summed E-state index contributed by atoms with van der Waals surface area (Å²) in [6.07, 6.45) is 0. The van der Waals surface area contributed by atoms with Gasteiger partial charge in [-0.3, -0.25) is 4.79 Å². The number of aryl methyl sites for hydroxylation is 2. The van der Waals surface area contributed by atoms with Gasteiger partial charge in [-0.15, -0.1) is 11.3 Å². The number of halogens is 1. The van der Waals surface area contributed by atoms with Crippen LogP contribution in [0.3, 0.4) is 0 Å². The van der Waals surface area contributed by atoms with Gasteiger partial charge in [-0.05, 0) is 55.3 Å². The first kappa shape index (κ1) is 16.5. The Morgan fingerprint density at radius 1 is 1.08 bits per heavy atom. The molecule has 2 aromatic carbocycles. The monoisotopic (exact) mass is 365 g/mol. The second-order valence-corrected chi connectivity index (χ2v) is 7.24. The van der Waals surface area contributed by atoms with E-state index in [1.54, 1.807) is 0 Å². The number of nitrogen functional groups attached to an aromatic ring is 1. The predicted octanol–water partition coefficient (Wildman–Crippen LogP) is 5.04. The zero-order valence-electron chi connectivity index (χ0n) is 14.3. The molecule has 2 heterocycles. The first-order valence-corrected chi connectivity index (χ1v) is 8.91. The maximum atomic E-state index is 13.0. The van der Waals surface area contributed by atoms with Crippen LogP contribution < -0.4 is 11.1 Å². The average molecular weight is 365 g/mol. The maximum Gasteiger partial charge on any atom is 0.267 e. The molecule has 2 aromatic heterocycles. The molecular formula is C20H16FN3OS. The minimum atomic E-state index is -0.356. The number of amides is 1. The molecule has 0 bridgehead atoms. The summed E-state index contributed by atoms with van der Waals surface area (Å²) in [7, 11) is 0. The third kappa shape index (κ3) is 2.68. The number of hydrogen-bond donors (Lipinski definition) is 2. The number of hydrogen-bond acceptors (Lipinski definition) is 4. The van der Waals surface area contributed by atoms with E-state index in [-0.39, 0.29) is 11.7 Å². The van der Waals surface area contributed by atoms with Gasteiger partial charge in [0.25, 0.3) is 5.91 Å². The Kier molecular flexibility index (Phi) is 3.85. The Bertz CT molecular complexity index is 1170. The second-order valence-electron chi connectivity index (χ2n) is 6.24. The molecule has 3 N–H and O–H groups in total. The van der Waals surface area contributed by atoms with Crippen molar-refractivity contribution in [2.24, 2.45) is 0 Å². The zero-order chi connectivity index (χ0) is 18.4. The third-order valence-electron chi connectivity index (χ3n) is 4.41. The molecule has 0 fully saturated rings. The van der Waals surface area contributed by atoms with E-state index in [2.05, 4.69) is 11.4 Å². The number of anilines is 2. The first-order valence-electron chi connectivity index (χ1n) is 8.10. The fourth-order valence-electron chi connectivity index (χ4n) is 2.95. The van der Waals surface area contributed by atoms with Gasteiger partial charge in [0.1, 0.15) is 15.5 Å². The van der Waals surface area contributed by atoms with Crippen molar-refractivity contribution in [3.63, 3.8) is 0 Å². The van der Waals surface area contributed by atoms with E-state index in [4.69, 9.17) is 10.7 Å². The highest BCUT2D eigenvalue weighted by molar-refractivity contribution is 7.21. The van der Waals surface area contributed by atoms with Crippen LogP contribution in [0.1, 0.15) is 20.8 Å². The largest absolute Gasteiger partial charge is 0.397 e. The van der Waals surface area contributed by atoms with Crippen LogP contribution in [0.15, 0.2) is 42.5 Å². The van der Waals surface area contributed by atoms with E-state index in [1.807, 2.05) is 26.0 Å². The van der Waals surface area contributed by atoms with Crippen molar-refractivity contribution in [2.45, 2.75) is 13.8 Å². The highest BCUT2D eigenvalue weighted by Gasteiger charge is 2.19. The van der Waals surface area contributed by atoms with E-state index >= 15 is 0 Å². The zero-order valence-corrected chi connectivity index (χ0v) is 15.1. The van der Waals surface area contributed by atoms with Crippen LogP contribution in [0.25, 0.3) is 21.1 Å². The number of carbonyl (C=O) groups excluding carboxylic acids is 1. The summed E-state index contributed by atoms with van der Waals surface area (Å²) >= 11 is 1.26. The topological polar surface area (TPSA) is 68.0 Å². The fourth-order valence-corrected chi connectivity index (χ4v) is 3.92. The van der Waals surface area contributed by atoms with Crippen molar-refractivity contribution in [3.05, 3.63) is 64.3 Å². The Morgan fingerprint density at radius 3 is 2.50 bits per heavy atom. The molecule has 0 saturated carbocycles. The van der Waals surface area contributed by atoms with Gasteiger partial charge in [0.05, 0.1) is 11.2 Å². The number of aromatic nitrogens is 1. The first-order chi connectivity index (χ1) is 12.4. The van der Waals surface area contributed by atoms with Crippen LogP contribution in [0.5, 0.6) is 0 Å². The number of rotatable bonds is 2. The lowest BCUT2D eigenvalue weighted by Gasteiger charge is -2.05. The van der Waals surface area contributed by atoms with Crippen LogP contribution in [0.4, 0.5) is 15.8 Å². The molecule has 0 aliphatic rings. The molecule has 4 aromatic rings.